The quantitative estimate of drug-likeness (QED) is 0.276. The van der Waals surface area contributed by atoms with Gasteiger partial charge in [0.15, 0.2) is 5.78 Å². The molecule has 1 saturated heterocycles. The minimum atomic E-state index is -1.09. The van der Waals surface area contributed by atoms with Crippen LogP contribution >= 0.6 is 0 Å². The van der Waals surface area contributed by atoms with E-state index in [1.54, 1.807) is 29.7 Å². The second kappa shape index (κ2) is 10.7. The van der Waals surface area contributed by atoms with E-state index in [1.807, 2.05) is 24.3 Å². The number of hydrogen-bond donors (Lipinski definition) is 1. The number of allylic oxidation sites excluding steroid dienone is 1. The molecule has 7 rings (SSSR count). The van der Waals surface area contributed by atoms with E-state index >= 15 is 0 Å². The van der Waals surface area contributed by atoms with Gasteiger partial charge in [-0.1, -0.05) is 20.8 Å². The highest BCUT2D eigenvalue weighted by Crippen LogP contribution is 2.63. The van der Waals surface area contributed by atoms with E-state index in [1.165, 1.54) is 12.5 Å². The normalized spacial score (nSPS) is 26.5. The van der Waals surface area contributed by atoms with Gasteiger partial charge in [-0.05, 0) is 89.5 Å². The topological polar surface area (TPSA) is 75.2 Å². The smallest absolute Gasteiger partial charge is 0.254 e. The maximum absolute atomic E-state index is 14.6. The average Bonchev–Trinajstić information content (AvgIpc) is 3.19. The van der Waals surface area contributed by atoms with Crippen LogP contribution in [0.25, 0.3) is 0 Å². The number of benzene rings is 1. The lowest BCUT2D eigenvalue weighted by atomic mass is 9.43. The van der Waals surface area contributed by atoms with Crippen LogP contribution < -0.4 is 5.32 Å². The molecule has 4 fully saturated rings. The summed E-state index contributed by atoms with van der Waals surface area (Å²) in [5.74, 6) is -0.210. The Balaban J connectivity index is 1.39. The van der Waals surface area contributed by atoms with Crippen LogP contribution in [0.5, 0.6) is 0 Å². The first-order chi connectivity index (χ1) is 20.1. The molecule has 8 heteroatoms. The molecule has 2 bridgehead atoms. The van der Waals surface area contributed by atoms with Gasteiger partial charge < -0.3 is 5.32 Å². The third-order valence-electron chi connectivity index (χ3n) is 10.2. The first-order valence-electron chi connectivity index (χ1n) is 14.7. The van der Waals surface area contributed by atoms with Crippen molar-refractivity contribution in [2.24, 2.45) is 29.1 Å². The van der Waals surface area contributed by atoms with Crippen molar-refractivity contribution in [3.05, 3.63) is 107 Å². The van der Waals surface area contributed by atoms with Crippen LogP contribution in [0.15, 0.2) is 79.1 Å². The van der Waals surface area contributed by atoms with E-state index in [2.05, 4.69) is 36.1 Å². The minimum Gasteiger partial charge on any atom is -0.357 e. The molecule has 218 valence electrons. The second-order valence-electron chi connectivity index (χ2n) is 12.9. The van der Waals surface area contributed by atoms with E-state index in [9.17, 15) is 18.4 Å². The molecule has 0 spiro atoms. The molecule has 1 amide bonds. The molecular weight excluding hydrogens is 534 g/mol. The first-order valence-corrected chi connectivity index (χ1v) is 14.7. The van der Waals surface area contributed by atoms with Crippen molar-refractivity contribution in [2.75, 3.05) is 6.54 Å². The van der Waals surface area contributed by atoms with Crippen molar-refractivity contribution in [3.8, 4) is 0 Å². The van der Waals surface area contributed by atoms with Crippen molar-refractivity contribution in [1.29, 1.82) is 0 Å². The predicted molar refractivity (Wildman–Crippen MR) is 155 cm³/mol. The van der Waals surface area contributed by atoms with Crippen molar-refractivity contribution in [1.82, 2.24) is 20.2 Å². The zero-order valence-electron chi connectivity index (χ0n) is 24.2. The van der Waals surface area contributed by atoms with Gasteiger partial charge in [0.1, 0.15) is 23.0 Å². The van der Waals surface area contributed by atoms with Crippen LogP contribution in [-0.4, -0.2) is 38.6 Å². The maximum Gasteiger partial charge on any atom is 0.254 e. The Kier molecular flexibility index (Phi) is 7.19. The lowest BCUT2D eigenvalue weighted by molar-refractivity contribution is -0.142. The van der Waals surface area contributed by atoms with Crippen LogP contribution in [-0.2, 0) is 17.6 Å². The van der Waals surface area contributed by atoms with Crippen molar-refractivity contribution < 1.29 is 18.4 Å². The van der Waals surface area contributed by atoms with Crippen LogP contribution in [0.4, 0.5) is 8.78 Å². The number of carbonyl (C=O) groups is 2. The van der Waals surface area contributed by atoms with Gasteiger partial charge in [-0.15, -0.1) is 0 Å². The highest BCUT2D eigenvalue weighted by atomic mass is 19.1. The molecule has 4 aliphatic rings. The summed E-state index contributed by atoms with van der Waals surface area (Å²) in [5, 5.41) is 3.46. The van der Waals surface area contributed by atoms with E-state index < -0.39 is 23.0 Å². The Hall–Kier alpha value is -3.94. The fourth-order valence-corrected chi connectivity index (χ4v) is 7.65. The van der Waals surface area contributed by atoms with Gasteiger partial charge in [-0.2, -0.15) is 0 Å². The predicted octanol–water partition coefficient (Wildman–Crippen LogP) is 5.75. The van der Waals surface area contributed by atoms with Gasteiger partial charge in [0.25, 0.3) is 5.91 Å². The summed E-state index contributed by atoms with van der Waals surface area (Å²) in [6.45, 7) is 7.44. The highest BCUT2D eigenvalue weighted by Gasteiger charge is 2.57. The monoisotopic (exact) mass is 570 g/mol. The Bertz CT molecular complexity index is 1480. The average molecular weight is 571 g/mol. The second-order valence-corrected chi connectivity index (χ2v) is 12.9. The molecule has 3 aliphatic carbocycles. The van der Waals surface area contributed by atoms with Gasteiger partial charge >= 0.3 is 0 Å². The number of halogens is 2. The SMILES string of the molecule is CC1C(CN2C(=O)C(Cc3ccncc3)(Cc3ccncc3)N/C2=C/C(=O)c2ccc(F)cc2F)CC2CC1C2(C)C. The van der Waals surface area contributed by atoms with Crippen LogP contribution in [0, 0.1) is 40.7 Å². The number of amides is 1. The highest BCUT2D eigenvalue weighted by molar-refractivity contribution is 6.06. The maximum atomic E-state index is 14.6. The first kappa shape index (κ1) is 28.2. The summed E-state index contributed by atoms with van der Waals surface area (Å²) < 4.78 is 28.2. The summed E-state index contributed by atoms with van der Waals surface area (Å²) in [7, 11) is 0. The number of carbonyl (C=O) groups excluding carboxylic acids is 2. The standard InChI is InChI=1S/C34H36F2N4O2/c1-21-24(14-25-15-28(21)33(25,2)3)20-40-31(17-30(41)27-5-4-26(35)16-29(27)36)39-34(32(40)42,18-22-6-10-37-11-7-22)19-23-8-12-38-13-9-23/h4-13,16-17,21,24-25,28,39H,14-15,18-20H2,1-3H3/b31-17-. The molecule has 1 aliphatic heterocycles. The summed E-state index contributed by atoms with van der Waals surface area (Å²) >= 11 is 0. The van der Waals surface area contributed by atoms with E-state index in [0.717, 1.165) is 29.7 Å². The molecular formula is C34H36F2N4O2. The van der Waals surface area contributed by atoms with Gasteiger partial charge in [-0.3, -0.25) is 24.5 Å². The Morgan fingerprint density at radius 3 is 2.17 bits per heavy atom. The Labute approximate surface area is 245 Å². The molecule has 4 unspecified atom stereocenters. The minimum absolute atomic E-state index is 0.125. The summed E-state index contributed by atoms with van der Waals surface area (Å²) in [5.41, 5.74) is 0.811. The molecule has 4 atom stereocenters. The molecule has 6 nitrogen and oxygen atoms in total. The molecule has 1 aromatic carbocycles. The van der Waals surface area contributed by atoms with Crippen LogP contribution in [0.3, 0.4) is 0 Å². The number of rotatable bonds is 8. The van der Waals surface area contributed by atoms with Crippen LogP contribution in [0.2, 0.25) is 0 Å². The molecule has 3 aromatic rings. The van der Waals surface area contributed by atoms with Crippen molar-refractivity contribution >= 4 is 11.7 Å². The fourth-order valence-electron chi connectivity index (χ4n) is 7.65. The van der Waals surface area contributed by atoms with Crippen molar-refractivity contribution in [3.63, 3.8) is 0 Å². The number of ketones is 1. The number of aromatic nitrogens is 2. The number of pyridine rings is 2. The third-order valence-corrected chi connectivity index (χ3v) is 10.2. The van der Waals surface area contributed by atoms with Gasteiger partial charge in [-0.25, -0.2) is 8.78 Å². The molecule has 0 radical (unpaired) electrons. The fraction of sp³-hybridized carbons (Fsp3) is 0.412. The number of nitrogens with zero attached hydrogens (tertiary/aromatic N) is 3. The van der Waals surface area contributed by atoms with E-state index in [4.69, 9.17) is 0 Å². The largest absolute Gasteiger partial charge is 0.357 e. The van der Waals surface area contributed by atoms with Crippen LogP contribution in [0.1, 0.15) is 55.1 Å². The molecule has 1 N–H and O–H groups in total. The number of fused-ring (bicyclic) bond motifs is 2. The molecule has 2 aromatic heterocycles. The Morgan fingerprint density at radius 1 is 1.00 bits per heavy atom. The molecule has 42 heavy (non-hydrogen) atoms. The van der Waals surface area contributed by atoms with Gasteiger partial charge in [0, 0.05) is 56.3 Å². The summed E-state index contributed by atoms with van der Waals surface area (Å²) in [4.78, 5) is 38.0. The summed E-state index contributed by atoms with van der Waals surface area (Å²) in [6, 6.07) is 10.4. The van der Waals surface area contributed by atoms with E-state index in [0.29, 0.717) is 54.4 Å². The lowest BCUT2D eigenvalue weighted by Crippen LogP contribution is -2.57. The number of hydrogen-bond acceptors (Lipinski definition) is 5. The zero-order chi connectivity index (χ0) is 29.6. The lowest BCUT2D eigenvalue weighted by Gasteiger charge is -2.62. The molecule has 3 saturated carbocycles. The zero-order valence-corrected chi connectivity index (χ0v) is 24.2. The van der Waals surface area contributed by atoms with E-state index in [-0.39, 0.29) is 17.4 Å². The number of nitrogens with one attached hydrogen (secondary N) is 1. The third kappa shape index (κ3) is 5.01. The summed E-state index contributed by atoms with van der Waals surface area (Å²) in [6.07, 6.45) is 11.0. The van der Waals surface area contributed by atoms with Crippen molar-refractivity contribution in [2.45, 2.75) is 52.0 Å². The van der Waals surface area contributed by atoms with Gasteiger partial charge in [0.2, 0.25) is 0 Å². The molecule has 3 heterocycles. The van der Waals surface area contributed by atoms with Gasteiger partial charge in [0.05, 0.1) is 5.56 Å². The Morgan fingerprint density at radius 2 is 1.62 bits per heavy atom.